The van der Waals surface area contributed by atoms with Gasteiger partial charge in [-0.15, -0.1) is 0 Å². The molecule has 0 aliphatic heterocycles. The second-order valence-corrected chi connectivity index (χ2v) is 7.44. The Hall–Kier alpha value is -3.86. The summed E-state index contributed by atoms with van der Waals surface area (Å²) in [5, 5.41) is 15.6. The van der Waals surface area contributed by atoms with Crippen molar-refractivity contribution >= 4 is 16.7 Å². The molecular weight excluding hydrogens is 386 g/mol. The van der Waals surface area contributed by atoms with Crippen LogP contribution in [0.4, 0.5) is 5.82 Å². The minimum Gasteiger partial charge on any atom is -0.505 e. The van der Waals surface area contributed by atoms with E-state index in [1.54, 1.807) is 6.08 Å². The van der Waals surface area contributed by atoms with Crippen LogP contribution < -0.4 is 10.1 Å². The summed E-state index contributed by atoms with van der Waals surface area (Å²) < 4.78 is 5.73. The number of phenols is 1. The van der Waals surface area contributed by atoms with Crippen molar-refractivity contribution in [2.75, 3.05) is 11.9 Å². The zero-order chi connectivity index (χ0) is 21.8. The highest BCUT2D eigenvalue weighted by Gasteiger charge is 2.21. The van der Waals surface area contributed by atoms with Gasteiger partial charge in [0.15, 0.2) is 0 Å². The Balaban J connectivity index is 1.83. The first-order valence-electron chi connectivity index (χ1n) is 10.2. The standard InChI is InChI=1S/C26H25N3O2/c1-4-15-31-21-9-6-8-20(16-21)24(29-23-10-5-7-17(2)27-23)22-14-13-19-12-11-18(3)28-25(19)26(22)30/h4-14,16,24,30H,1,15H2,2-3H3,(H,27,29)/t24-/m0/s1. The molecule has 31 heavy (non-hydrogen) atoms. The van der Waals surface area contributed by atoms with E-state index in [1.807, 2.05) is 80.6 Å². The smallest absolute Gasteiger partial charge is 0.147 e. The van der Waals surface area contributed by atoms with E-state index in [2.05, 4.69) is 21.9 Å². The molecular formula is C26H25N3O2. The third kappa shape index (κ3) is 4.51. The number of hydrogen-bond acceptors (Lipinski definition) is 5. The third-order valence-corrected chi connectivity index (χ3v) is 5.06. The molecule has 0 bridgehead atoms. The molecule has 5 nitrogen and oxygen atoms in total. The van der Waals surface area contributed by atoms with Crippen LogP contribution in [0, 0.1) is 13.8 Å². The number of phenolic OH excluding ortho intramolecular Hbond substituents is 1. The highest BCUT2D eigenvalue weighted by molar-refractivity contribution is 5.86. The Labute approximate surface area is 182 Å². The van der Waals surface area contributed by atoms with Gasteiger partial charge in [-0.3, -0.25) is 0 Å². The van der Waals surface area contributed by atoms with E-state index in [4.69, 9.17) is 4.74 Å². The lowest BCUT2D eigenvalue weighted by atomic mass is 9.96. The van der Waals surface area contributed by atoms with Crippen molar-refractivity contribution in [1.29, 1.82) is 0 Å². The molecule has 0 saturated heterocycles. The van der Waals surface area contributed by atoms with E-state index >= 15 is 0 Å². The van der Waals surface area contributed by atoms with Crippen LogP contribution in [0.15, 0.2) is 79.4 Å². The van der Waals surface area contributed by atoms with Gasteiger partial charge in [-0.2, -0.15) is 0 Å². The maximum Gasteiger partial charge on any atom is 0.147 e. The summed E-state index contributed by atoms with van der Waals surface area (Å²) in [5.74, 6) is 1.61. The highest BCUT2D eigenvalue weighted by atomic mass is 16.5. The SMILES string of the molecule is C=CCOc1cccc([C@H](Nc2cccc(C)n2)c2ccc3ccc(C)nc3c2O)c1. The predicted octanol–water partition coefficient (Wildman–Crippen LogP) is 5.72. The van der Waals surface area contributed by atoms with Gasteiger partial charge in [0.1, 0.15) is 29.4 Å². The lowest BCUT2D eigenvalue weighted by Gasteiger charge is -2.23. The number of nitrogens with zero attached hydrogens (tertiary/aromatic N) is 2. The number of ether oxygens (including phenoxy) is 1. The molecule has 156 valence electrons. The summed E-state index contributed by atoms with van der Waals surface area (Å²) in [6.07, 6.45) is 1.71. The predicted molar refractivity (Wildman–Crippen MR) is 125 cm³/mol. The largest absolute Gasteiger partial charge is 0.505 e. The van der Waals surface area contributed by atoms with E-state index in [-0.39, 0.29) is 11.8 Å². The number of anilines is 1. The second-order valence-electron chi connectivity index (χ2n) is 7.44. The summed E-state index contributed by atoms with van der Waals surface area (Å²) >= 11 is 0. The number of hydrogen-bond donors (Lipinski definition) is 2. The van der Waals surface area contributed by atoms with Gasteiger partial charge in [-0.25, -0.2) is 9.97 Å². The maximum absolute atomic E-state index is 11.2. The molecule has 2 aromatic heterocycles. The van der Waals surface area contributed by atoms with Crippen LogP contribution in [0.5, 0.6) is 11.5 Å². The van der Waals surface area contributed by atoms with Crippen LogP contribution in [0.1, 0.15) is 28.6 Å². The Kier molecular flexibility index (Phi) is 5.85. The van der Waals surface area contributed by atoms with Crippen LogP contribution in [-0.2, 0) is 0 Å². The normalized spacial score (nSPS) is 11.8. The Morgan fingerprint density at radius 1 is 1.00 bits per heavy atom. The molecule has 0 aliphatic rings. The molecule has 0 unspecified atom stereocenters. The van der Waals surface area contributed by atoms with Crippen LogP contribution >= 0.6 is 0 Å². The first-order chi connectivity index (χ1) is 15.0. The van der Waals surface area contributed by atoms with Crippen molar-refractivity contribution in [3.8, 4) is 11.5 Å². The second kappa shape index (κ2) is 8.88. The van der Waals surface area contributed by atoms with Gasteiger partial charge in [-0.1, -0.05) is 49.1 Å². The van der Waals surface area contributed by atoms with Crippen LogP contribution in [-0.4, -0.2) is 21.7 Å². The monoisotopic (exact) mass is 411 g/mol. The lowest BCUT2D eigenvalue weighted by Crippen LogP contribution is -2.14. The number of fused-ring (bicyclic) bond motifs is 1. The molecule has 4 rings (SSSR count). The lowest BCUT2D eigenvalue weighted by molar-refractivity contribution is 0.362. The number of nitrogens with one attached hydrogen (secondary N) is 1. The van der Waals surface area contributed by atoms with E-state index in [9.17, 15) is 5.11 Å². The molecule has 0 amide bonds. The molecule has 2 aromatic carbocycles. The summed E-state index contributed by atoms with van der Waals surface area (Å²) in [5.41, 5.74) is 4.00. The molecule has 0 saturated carbocycles. The number of pyridine rings is 2. The quantitative estimate of drug-likeness (QED) is 0.381. The van der Waals surface area contributed by atoms with Crippen LogP contribution in [0.3, 0.4) is 0 Å². The first kappa shape index (κ1) is 20.4. The average Bonchev–Trinajstić information content (AvgIpc) is 2.77. The van der Waals surface area contributed by atoms with Crippen molar-refractivity contribution in [1.82, 2.24) is 9.97 Å². The van der Waals surface area contributed by atoms with Crippen molar-refractivity contribution in [3.63, 3.8) is 0 Å². The van der Waals surface area contributed by atoms with E-state index in [0.717, 1.165) is 39.5 Å². The summed E-state index contributed by atoms with van der Waals surface area (Å²) in [7, 11) is 0. The molecule has 1 atom stereocenters. The number of aromatic nitrogens is 2. The van der Waals surface area contributed by atoms with Gasteiger partial charge in [0.2, 0.25) is 0 Å². The van der Waals surface area contributed by atoms with Gasteiger partial charge in [0, 0.05) is 22.3 Å². The summed E-state index contributed by atoms with van der Waals surface area (Å²) in [4.78, 5) is 9.15. The fraction of sp³-hybridized carbons (Fsp3) is 0.154. The van der Waals surface area contributed by atoms with E-state index < -0.39 is 0 Å². The molecule has 0 fully saturated rings. The number of aromatic hydroxyl groups is 1. The molecule has 0 spiro atoms. The van der Waals surface area contributed by atoms with Crippen LogP contribution in [0.2, 0.25) is 0 Å². The third-order valence-electron chi connectivity index (χ3n) is 5.06. The van der Waals surface area contributed by atoms with Gasteiger partial charge in [0.05, 0.1) is 6.04 Å². The fourth-order valence-corrected chi connectivity index (χ4v) is 3.57. The maximum atomic E-state index is 11.2. The Morgan fingerprint density at radius 3 is 2.58 bits per heavy atom. The fourth-order valence-electron chi connectivity index (χ4n) is 3.57. The Morgan fingerprint density at radius 2 is 1.77 bits per heavy atom. The van der Waals surface area contributed by atoms with Crippen molar-refractivity contribution in [3.05, 3.63) is 102 Å². The summed E-state index contributed by atoms with van der Waals surface area (Å²) in [6.45, 7) is 7.99. The first-order valence-corrected chi connectivity index (χ1v) is 10.2. The molecule has 0 aliphatic carbocycles. The van der Waals surface area contributed by atoms with Crippen molar-refractivity contribution in [2.24, 2.45) is 0 Å². The molecule has 2 heterocycles. The summed E-state index contributed by atoms with van der Waals surface area (Å²) in [6, 6.07) is 21.1. The molecule has 5 heteroatoms. The molecule has 4 aromatic rings. The minimum atomic E-state index is -0.353. The van der Waals surface area contributed by atoms with Crippen LogP contribution in [0.25, 0.3) is 10.9 Å². The van der Waals surface area contributed by atoms with Gasteiger partial charge in [-0.05, 0) is 49.7 Å². The van der Waals surface area contributed by atoms with Crippen molar-refractivity contribution < 1.29 is 9.84 Å². The Bertz CT molecular complexity index is 1240. The van der Waals surface area contributed by atoms with Gasteiger partial charge in [0.25, 0.3) is 0 Å². The zero-order valence-electron chi connectivity index (χ0n) is 17.7. The van der Waals surface area contributed by atoms with Crippen molar-refractivity contribution in [2.45, 2.75) is 19.9 Å². The zero-order valence-corrected chi connectivity index (χ0v) is 17.7. The van der Waals surface area contributed by atoms with Gasteiger partial charge >= 0.3 is 0 Å². The van der Waals surface area contributed by atoms with E-state index in [1.165, 1.54) is 0 Å². The number of benzene rings is 2. The highest BCUT2D eigenvalue weighted by Crippen LogP contribution is 2.37. The topological polar surface area (TPSA) is 67.3 Å². The number of rotatable bonds is 7. The van der Waals surface area contributed by atoms with Gasteiger partial charge < -0.3 is 15.2 Å². The number of aryl methyl sites for hydroxylation is 2. The average molecular weight is 412 g/mol. The molecule has 0 radical (unpaired) electrons. The molecule has 2 N–H and O–H groups in total. The van der Waals surface area contributed by atoms with E-state index in [0.29, 0.717) is 12.1 Å². The minimum absolute atomic E-state index is 0.156.